The van der Waals surface area contributed by atoms with E-state index in [2.05, 4.69) is 82.7 Å². The molecule has 0 aliphatic carbocycles. The Balaban J connectivity index is 2.13. The fourth-order valence-electron chi connectivity index (χ4n) is 3.41. The molecule has 0 saturated heterocycles. The number of aryl methyl sites for hydroxylation is 2. The molecule has 0 saturated carbocycles. The van der Waals surface area contributed by atoms with Crippen LogP contribution in [0.1, 0.15) is 11.3 Å². The summed E-state index contributed by atoms with van der Waals surface area (Å²) >= 11 is 0. The molecule has 4 rings (SSSR count). The first-order chi connectivity index (χ1) is 11.7. The van der Waals surface area contributed by atoms with E-state index in [0.717, 1.165) is 5.69 Å². The molecule has 0 N–H and O–H groups in total. The zero-order valence-corrected chi connectivity index (χ0v) is 14.2. The number of pyridine rings is 1. The summed E-state index contributed by atoms with van der Waals surface area (Å²) in [6, 6.07) is 17.1. The fourth-order valence-corrected chi connectivity index (χ4v) is 3.41. The molecular formula is C21H20N3+. The molecule has 24 heavy (non-hydrogen) atoms. The summed E-state index contributed by atoms with van der Waals surface area (Å²) in [7, 11) is 2.05. The van der Waals surface area contributed by atoms with E-state index >= 15 is 0 Å². The van der Waals surface area contributed by atoms with Crippen molar-refractivity contribution >= 4 is 10.8 Å². The number of nitrogens with zero attached hydrogens (tertiary/aromatic N) is 3. The lowest BCUT2D eigenvalue weighted by molar-refractivity contribution is -0.603. The van der Waals surface area contributed by atoms with E-state index < -0.39 is 0 Å². The lowest BCUT2D eigenvalue weighted by Gasteiger charge is -2.13. The molecule has 0 aliphatic rings. The largest absolute Gasteiger partial charge is 0.334 e. The molecule has 2 aromatic carbocycles. The van der Waals surface area contributed by atoms with E-state index in [0.29, 0.717) is 0 Å². The Labute approximate surface area is 141 Å². The smallest absolute Gasteiger partial charge is 0.215 e. The van der Waals surface area contributed by atoms with Gasteiger partial charge in [-0.25, -0.2) is 4.98 Å². The van der Waals surface area contributed by atoms with Gasteiger partial charge in [0.2, 0.25) is 5.69 Å². The molecular weight excluding hydrogens is 294 g/mol. The molecule has 0 atom stereocenters. The van der Waals surface area contributed by atoms with E-state index in [1.54, 1.807) is 0 Å². The average molecular weight is 314 g/mol. The minimum Gasteiger partial charge on any atom is -0.334 e. The van der Waals surface area contributed by atoms with Crippen molar-refractivity contribution < 1.29 is 4.57 Å². The van der Waals surface area contributed by atoms with E-state index in [9.17, 15) is 0 Å². The second-order valence-corrected chi connectivity index (χ2v) is 6.22. The van der Waals surface area contributed by atoms with Crippen molar-refractivity contribution in [2.45, 2.75) is 13.8 Å². The highest BCUT2D eigenvalue weighted by atomic mass is 15.0. The van der Waals surface area contributed by atoms with Gasteiger partial charge in [-0.2, -0.15) is 4.57 Å². The summed E-state index contributed by atoms with van der Waals surface area (Å²) in [5.41, 5.74) is 6.07. The van der Waals surface area contributed by atoms with Gasteiger partial charge in [0.15, 0.2) is 11.9 Å². The monoisotopic (exact) mass is 314 g/mol. The topological polar surface area (TPSA) is 21.7 Å². The third-order valence-corrected chi connectivity index (χ3v) is 4.68. The highest BCUT2D eigenvalue weighted by Gasteiger charge is 2.20. The van der Waals surface area contributed by atoms with Gasteiger partial charge in [0.1, 0.15) is 0 Å². The molecule has 0 bridgehead atoms. The van der Waals surface area contributed by atoms with Gasteiger partial charge in [-0.05, 0) is 17.7 Å². The van der Waals surface area contributed by atoms with Gasteiger partial charge in [0.25, 0.3) is 0 Å². The highest BCUT2D eigenvalue weighted by molar-refractivity contribution is 5.99. The molecule has 0 radical (unpaired) electrons. The molecule has 0 spiro atoms. The van der Waals surface area contributed by atoms with Crippen LogP contribution < -0.4 is 4.57 Å². The summed E-state index contributed by atoms with van der Waals surface area (Å²) in [4.78, 5) is 4.32. The molecule has 3 nitrogen and oxygen atoms in total. The molecule has 0 unspecified atom stereocenters. The third-order valence-electron chi connectivity index (χ3n) is 4.68. The van der Waals surface area contributed by atoms with E-state index in [-0.39, 0.29) is 0 Å². The van der Waals surface area contributed by atoms with Crippen LogP contribution in [0.15, 0.2) is 67.3 Å². The first kappa shape index (κ1) is 14.6. The standard InChI is InChI=1S/C21H20N3/c1-15-8-6-7-11-24(15)19-12-17-9-4-5-10-18(17)21(16(19)2)20-13-22-14-23(20)3/h4-14H,1-3H3/q+1. The predicted molar refractivity (Wildman–Crippen MR) is 97.2 cm³/mol. The first-order valence-corrected chi connectivity index (χ1v) is 8.13. The fraction of sp³-hybridized carbons (Fsp3) is 0.143. The summed E-state index contributed by atoms with van der Waals surface area (Å²) in [6.45, 7) is 4.34. The van der Waals surface area contributed by atoms with Crippen LogP contribution in [0.3, 0.4) is 0 Å². The van der Waals surface area contributed by atoms with Gasteiger partial charge in [0, 0.05) is 43.3 Å². The number of fused-ring (bicyclic) bond motifs is 1. The molecule has 0 amide bonds. The second kappa shape index (κ2) is 5.60. The molecule has 2 heterocycles. The lowest BCUT2D eigenvalue weighted by Crippen LogP contribution is -2.34. The van der Waals surface area contributed by atoms with Gasteiger partial charge < -0.3 is 4.57 Å². The van der Waals surface area contributed by atoms with Crippen LogP contribution in [0, 0.1) is 13.8 Å². The van der Waals surface area contributed by atoms with Crippen molar-refractivity contribution in [3.63, 3.8) is 0 Å². The number of hydrogen-bond donors (Lipinski definition) is 0. The Hall–Kier alpha value is -2.94. The summed E-state index contributed by atoms with van der Waals surface area (Å²) in [6.07, 6.45) is 5.93. The maximum Gasteiger partial charge on any atom is 0.215 e. The number of imidazole rings is 1. The van der Waals surface area contributed by atoms with E-state index in [4.69, 9.17) is 0 Å². The van der Waals surface area contributed by atoms with Crippen molar-refractivity contribution in [2.75, 3.05) is 0 Å². The molecule has 0 fully saturated rings. The second-order valence-electron chi connectivity index (χ2n) is 6.22. The first-order valence-electron chi connectivity index (χ1n) is 8.13. The molecule has 118 valence electrons. The van der Waals surface area contributed by atoms with Gasteiger partial charge in [-0.15, -0.1) is 0 Å². The summed E-state index contributed by atoms with van der Waals surface area (Å²) in [5, 5.41) is 2.50. The third kappa shape index (κ3) is 2.21. The van der Waals surface area contributed by atoms with Gasteiger partial charge >= 0.3 is 0 Å². The summed E-state index contributed by atoms with van der Waals surface area (Å²) in [5.74, 6) is 0. The predicted octanol–water partition coefficient (Wildman–Crippen LogP) is 4.13. The zero-order chi connectivity index (χ0) is 16.7. The van der Waals surface area contributed by atoms with Crippen molar-refractivity contribution in [1.29, 1.82) is 0 Å². The van der Waals surface area contributed by atoms with Gasteiger partial charge in [-0.3, -0.25) is 0 Å². The van der Waals surface area contributed by atoms with Crippen molar-refractivity contribution in [3.05, 3.63) is 78.5 Å². The van der Waals surface area contributed by atoms with Crippen LogP contribution >= 0.6 is 0 Å². The quantitative estimate of drug-likeness (QED) is 0.510. The highest BCUT2D eigenvalue weighted by Crippen LogP contribution is 2.34. The zero-order valence-electron chi connectivity index (χ0n) is 14.2. The maximum atomic E-state index is 4.32. The Kier molecular flexibility index (Phi) is 3.42. The van der Waals surface area contributed by atoms with Crippen molar-refractivity contribution in [2.24, 2.45) is 7.05 Å². The average Bonchev–Trinajstić information content (AvgIpc) is 3.01. The van der Waals surface area contributed by atoms with Crippen molar-refractivity contribution in [1.82, 2.24) is 9.55 Å². The van der Waals surface area contributed by atoms with E-state index in [1.165, 1.54) is 33.3 Å². The number of benzene rings is 2. The van der Waals surface area contributed by atoms with Crippen LogP contribution in [0.5, 0.6) is 0 Å². The SMILES string of the molecule is Cc1c(-[n+]2ccccc2C)cc2ccccc2c1-c1cncn1C. The molecule has 4 aromatic rings. The molecule has 3 heteroatoms. The van der Waals surface area contributed by atoms with Gasteiger partial charge in [0.05, 0.1) is 18.2 Å². The Morgan fingerprint density at radius 2 is 1.79 bits per heavy atom. The van der Waals surface area contributed by atoms with E-state index in [1.807, 2.05) is 19.6 Å². The van der Waals surface area contributed by atoms with Crippen molar-refractivity contribution in [3.8, 4) is 16.9 Å². The maximum absolute atomic E-state index is 4.32. The Morgan fingerprint density at radius 3 is 2.54 bits per heavy atom. The number of hydrogen-bond acceptors (Lipinski definition) is 1. The molecule has 2 aromatic heterocycles. The number of aromatic nitrogens is 3. The van der Waals surface area contributed by atoms with Gasteiger partial charge in [-0.1, -0.05) is 30.3 Å². The number of rotatable bonds is 2. The van der Waals surface area contributed by atoms with Crippen LogP contribution in [-0.4, -0.2) is 9.55 Å². The summed E-state index contributed by atoms with van der Waals surface area (Å²) < 4.78 is 4.34. The minimum atomic E-state index is 1.14. The van der Waals surface area contributed by atoms with Crippen LogP contribution in [0.2, 0.25) is 0 Å². The van der Waals surface area contributed by atoms with Crippen LogP contribution in [-0.2, 0) is 7.05 Å². The lowest BCUT2D eigenvalue weighted by atomic mass is 9.95. The minimum absolute atomic E-state index is 1.14. The molecule has 0 aliphatic heterocycles. The normalized spacial score (nSPS) is 11.1. The Bertz CT molecular complexity index is 1040. The van der Waals surface area contributed by atoms with Crippen LogP contribution in [0.25, 0.3) is 27.7 Å². The van der Waals surface area contributed by atoms with Crippen LogP contribution in [0.4, 0.5) is 0 Å². The Morgan fingerprint density at radius 1 is 1.00 bits per heavy atom.